The van der Waals surface area contributed by atoms with Crippen LogP contribution in [-0.2, 0) is 33.1 Å². The van der Waals surface area contributed by atoms with Crippen molar-refractivity contribution in [1.29, 1.82) is 0 Å². The van der Waals surface area contributed by atoms with E-state index in [2.05, 4.69) is 19.5 Å². The molecule has 1 heterocycles. The molecule has 0 spiro atoms. The molecule has 230 valence electrons. The maximum Gasteiger partial charge on any atom is 0.534 e. The van der Waals surface area contributed by atoms with Gasteiger partial charge in [-0.3, -0.25) is 0 Å². The van der Waals surface area contributed by atoms with Gasteiger partial charge in [-0.25, -0.2) is 14.1 Å². The highest BCUT2D eigenvalue weighted by molar-refractivity contribution is 7.93. The fraction of sp³-hybridized carbons (Fsp3) is 0.500. The van der Waals surface area contributed by atoms with E-state index in [1.165, 1.54) is 13.8 Å². The van der Waals surface area contributed by atoms with Gasteiger partial charge in [0.05, 0.1) is 6.54 Å². The quantitative estimate of drug-likeness (QED) is 0.190. The molecule has 11 nitrogen and oxygen atoms in total. The summed E-state index contributed by atoms with van der Waals surface area (Å²) < 4.78 is 132. The van der Waals surface area contributed by atoms with Crippen LogP contribution in [-0.4, -0.2) is 54.9 Å². The Labute approximate surface area is 231 Å². The fourth-order valence-corrected chi connectivity index (χ4v) is 4.84. The Morgan fingerprint density at radius 1 is 1.05 bits per heavy atom. The molecule has 1 aromatic carbocycles. The van der Waals surface area contributed by atoms with Gasteiger partial charge in [0.1, 0.15) is 11.4 Å². The monoisotopic (exact) mass is 636 g/mol. The van der Waals surface area contributed by atoms with E-state index in [0.717, 1.165) is 12.3 Å². The summed E-state index contributed by atoms with van der Waals surface area (Å²) in [4.78, 5) is 19.5. The van der Waals surface area contributed by atoms with Gasteiger partial charge in [-0.1, -0.05) is 26.8 Å². The number of benzene rings is 1. The van der Waals surface area contributed by atoms with Crippen LogP contribution >= 0.6 is 0 Å². The van der Waals surface area contributed by atoms with Gasteiger partial charge in [-0.2, -0.15) is 48.2 Å². The number of aromatic nitrogens is 2. The summed E-state index contributed by atoms with van der Waals surface area (Å²) in [7, 11) is -12.5. The van der Waals surface area contributed by atoms with Crippen molar-refractivity contribution in [2.24, 2.45) is 0 Å². The number of rotatable bonds is 12. The molecule has 0 radical (unpaired) electrons. The number of nitrogens with one attached hydrogen (secondary N) is 1. The first-order chi connectivity index (χ1) is 18.7. The Kier molecular flexibility index (Phi) is 10.1. The average Bonchev–Trinajstić information content (AvgIpc) is 2.85. The summed E-state index contributed by atoms with van der Waals surface area (Å²) in [6, 6.07) is 1.15. The summed E-state index contributed by atoms with van der Waals surface area (Å²) in [5, 5.41) is 12.5. The van der Waals surface area contributed by atoms with Crippen LogP contribution in [0.2, 0.25) is 0 Å². The molecule has 0 saturated carbocycles. The van der Waals surface area contributed by atoms with Crippen LogP contribution in [0, 0.1) is 6.92 Å². The molecule has 2 aromatic rings. The van der Waals surface area contributed by atoms with Gasteiger partial charge in [-0.15, -0.1) is 0 Å². The summed E-state index contributed by atoms with van der Waals surface area (Å²) in [5.41, 5.74) is -13.5. The maximum absolute atomic E-state index is 13.7. The molecule has 0 aliphatic carbocycles. The lowest BCUT2D eigenvalue weighted by Gasteiger charge is -2.25. The number of aryl methyl sites for hydroxylation is 2. The zero-order chi connectivity index (χ0) is 31.6. The first kappa shape index (κ1) is 33.9. The van der Waals surface area contributed by atoms with Crippen LogP contribution in [0.1, 0.15) is 60.7 Å². The number of sulfonamides is 1. The smallest absolute Gasteiger partial charge is 0.478 e. The van der Waals surface area contributed by atoms with Crippen LogP contribution < -0.4 is 13.8 Å². The van der Waals surface area contributed by atoms with Crippen molar-refractivity contribution in [1.82, 2.24) is 9.97 Å². The van der Waals surface area contributed by atoms with Crippen molar-refractivity contribution in [3.8, 4) is 5.75 Å². The van der Waals surface area contributed by atoms with E-state index in [1.807, 2.05) is 13.8 Å². The van der Waals surface area contributed by atoms with Gasteiger partial charge in [0.15, 0.2) is 5.75 Å². The molecule has 0 aliphatic heterocycles. The van der Waals surface area contributed by atoms with E-state index >= 15 is 0 Å². The number of hydrogen-bond donors (Lipinski definition) is 2. The predicted octanol–water partition coefficient (Wildman–Crippen LogP) is 4.73. The van der Waals surface area contributed by atoms with E-state index in [4.69, 9.17) is 0 Å². The molecule has 1 aromatic heterocycles. The standard InChI is InChI=1S/C22H26F6N4O7S2/c1-5-14-8-13(9-16(19(33)34)17(14)39-41(37,38)22(26,27)28)11-32(40(35,36)21(23,24)25)20-29-10-12(4)18(31-20)30-15(6-2)7-3/h8-10,15H,5-7,11H2,1-4H3,(H,33,34)(H,29,30,31). The van der Waals surface area contributed by atoms with E-state index < -0.39 is 72.1 Å². The zero-order valence-corrected chi connectivity index (χ0v) is 23.6. The maximum atomic E-state index is 13.7. The van der Waals surface area contributed by atoms with Gasteiger partial charge >= 0.3 is 37.1 Å². The van der Waals surface area contributed by atoms with Gasteiger partial charge in [0.25, 0.3) is 0 Å². The molecule has 19 heteroatoms. The van der Waals surface area contributed by atoms with Crippen LogP contribution in [0.15, 0.2) is 18.3 Å². The highest BCUT2D eigenvalue weighted by Gasteiger charge is 2.52. The van der Waals surface area contributed by atoms with Gasteiger partial charge in [0, 0.05) is 17.8 Å². The predicted molar refractivity (Wildman–Crippen MR) is 134 cm³/mol. The molecular weight excluding hydrogens is 610 g/mol. The van der Waals surface area contributed by atoms with E-state index in [9.17, 15) is 53.1 Å². The third-order valence-electron chi connectivity index (χ3n) is 5.73. The molecule has 41 heavy (non-hydrogen) atoms. The Bertz CT molecular complexity index is 1490. The molecule has 0 fully saturated rings. The number of carboxylic acids is 1. The number of anilines is 2. The average molecular weight is 637 g/mol. The number of nitrogens with zero attached hydrogens (tertiary/aromatic N) is 3. The topological polar surface area (TPSA) is 156 Å². The number of hydrogen-bond acceptors (Lipinski definition) is 9. The van der Waals surface area contributed by atoms with Crippen molar-refractivity contribution in [3.63, 3.8) is 0 Å². The van der Waals surface area contributed by atoms with Crippen molar-refractivity contribution in [2.75, 3.05) is 9.62 Å². The Balaban J connectivity index is 2.76. The van der Waals surface area contributed by atoms with E-state index in [0.29, 0.717) is 24.5 Å². The number of aromatic carboxylic acids is 1. The highest BCUT2D eigenvalue weighted by atomic mass is 32.2. The molecule has 0 bridgehead atoms. The molecule has 0 unspecified atom stereocenters. The molecule has 2 N–H and O–H groups in total. The molecule has 0 saturated heterocycles. The van der Waals surface area contributed by atoms with Crippen molar-refractivity contribution >= 4 is 37.9 Å². The Morgan fingerprint density at radius 2 is 1.63 bits per heavy atom. The molecular formula is C22H26F6N4O7S2. The lowest BCUT2D eigenvalue weighted by molar-refractivity contribution is -0.0501. The number of carboxylic acid groups (broad SMARTS) is 1. The van der Waals surface area contributed by atoms with Gasteiger partial charge < -0.3 is 14.6 Å². The van der Waals surface area contributed by atoms with Crippen LogP contribution in [0.25, 0.3) is 0 Å². The third kappa shape index (κ3) is 7.49. The van der Waals surface area contributed by atoms with Gasteiger partial charge in [0.2, 0.25) is 5.95 Å². The minimum absolute atomic E-state index is 0.0349. The van der Waals surface area contributed by atoms with E-state index in [-0.39, 0.29) is 22.6 Å². The van der Waals surface area contributed by atoms with Crippen LogP contribution in [0.5, 0.6) is 5.75 Å². The van der Waals surface area contributed by atoms with Crippen LogP contribution in [0.3, 0.4) is 0 Å². The molecule has 0 amide bonds. The normalized spacial score (nSPS) is 12.9. The lowest BCUT2D eigenvalue weighted by atomic mass is 10.0. The number of carbonyl (C=O) groups is 1. The number of halogens is 6. The second-order valence-electron chi connectivity index (χ2n) is 8.59. The minimum atomic E-state index is -6.33. The van der Waals surface area contributed by atoms with Crippen LogP contribution in [0.4, 0.5) is 38.1 Å². The first-order valence-corrected chi connectivity index (χ1v) is 14.6. The minimum Gasteiger partial charge on any atom is -0.478 e. The summed E-state index contributed by atoms with van der Waals surface area (Å²) in [6.45, 7) is 5.22. The third-order valence-corrected chi connectivity index (χ3v) is 8.14. The molecule has 0 atom stereocenters. The number of alkyl halides is 6. The zero-order valence-electron chi connectivity index (χ0n) is 22.0. The van der Waals surface area contributed by atoms with Crippen molar-refractivity contribution < 1.29 is 57.3 Å². The van der Waals surface area contributed by atoms with Crippen molar-refractivity contribution in [3.05, 3.63) is 40.6 Å². The summed E-state index contributed by atoms with van der Waals surface area (Å²) in [6.07, 6.45) is 1.91. The Hall–Kier alpha value is -3.35. The SMILES string of the molecule is CCc1cc(CN(c2ncc(C)c(NC(CC)CC)n2)S(=O)(=O)C(F)(F)F)cc(C(=O)O)c1OS(=O)(=O)C(F)(F)F. The molecule has 0 aliphatic rings. The summed E-state index contributed by atoms with van der Waals surface area (Å²) >= 11 is 0. The lowest BCUT2D eigenvalue weighted by Crippen LogP contribution is -2.41. The second-order valence-corrected chi connectivity index (χ2v) is 12.0. The largest absolute Gasteiger partial charge is 0.534 e. The Morgan fingerprint density at radius 3 is 2.10 bits per heavy atom. The van der Waals surface area contributed by atoms with E-state index in [1.54, 1.807) is 0 Å². The fourth-order valence-electron chi connectivity index (χ4n) is 3.46. The summed E-state index contributed by atoms with van der Waals surface area (Å²) in [5.74, 6) is -4.12. The van der Waals surface area contributed by atoms with Gasteiger partial charge in [-0.05, 0) is 43.4 Å². The highest BCUT2D eigenvalue weighted by Crippen LogP contribution is 2.36. The second kappa shape index (κ2) is 12.3. The van der Waals surface area contributed by atoms with Crippen molar-refractivity contribution in [2.45, 2.75) is 70.6 Å². The molecule has 2 rings (SSSR count). The first-order valence-electron chi connectivity index (χ1n) is 11.8.